The van der Waals surface area contributed by atoms with Gasteiger partial charge in [-0.1, -0.05) is 20.8 Å². The molecule has 0 unspecified atom stereocenters. The molecule has 1 aliphatic rings. The lowest BCUT2D eigenvalue weighted by Crippen LogP contribution is -2.35. The third-order valence-corrected chi connectivity index (χ3v) is 3.43. The molecule has 0 saturated carbocycles. The molecule has 0 amide bonds. The Morgan fingerprint density at radius 3 is 2.27 bits per heavy atom. The average molecular weight is 213 g/mol. The molecule has 1 heterocycles. The van der Waals surface area contributed by atoms with Gasteiger partial charge in [-0.05, 0) is 50.1 Å². The van der Waals surface area contributed by atoms with Crippen LogP contribution in [0.15, 0.2) is 0 Å². The van der Waals surface area contributed by atoms with E-state index in [1.807, 2.05) is 0 Å². The van der Waals surface area contributed by atoms with Crippen molar-refractivity contribution in [2.75, 3.05) is 26.2 Å². The van der Waals surface area contributed by atoms with Gasteiger partial charge in [0.2, 0.25) is 0 Å². The Kier molecular flexibility index (Phi) is 5.07. The van der Waals surface area contributed by atoms with Crippen LogP contribution in [0, 0.1) is 11.3 Å². The maximum Gasteiger partial charge on any atom is 0.0558 e. The first kappa shape index (κ1) is 13.0. The van der Waals surface area contributed by atoms with Gasteiger partial charge < -0.3 is 10.0 Å². The van der Waals surface area contributed by atoms with E-state index in [9.17, 15) is 0 Å². The van der Waals surface area contributed by atoms with Crippen molar-refractivity contribution in [2.45, 2.75) is 46.5 Å². The lowest BCUT2D eigenvalue weighted by molar-refractivity contribution is 0.139. The zero-order chi connectivity index (χ0) is 11.3. The molecule has 15 heavy (non-hydrogen) atoms. The number of nitrogens with zero attached hydrogens (tertiary/aromatic N) is 1. The molecular formula is C13H27NO. The van der Waals surface area contributed by atoms with Gasteiger partial charge in [-0.3, -0.25) is 0 Å². The first-order valence-corrected chi connectivity index (χ1v) is 6.34. The molecule has 0 aromatic rings. The molecule has 1 rings (SSSR count). The van der Waals surface area contributed by atoms with Gasteiger partial charge in [-0.15, -0.1) is 0 Å². The summed E-state index contributed by atoms with van der Waals surface area (Å²) in [4.78, 5) is 2.38. The summed E-state index contributed by atoms with van der Waals surface area (Å²) in [6.45, 7) is 10.5. The van der Waals surface area contributed by atoms with Crippen LogP contribution in [0.5, 0.6) is 0 Å². The second kappa shape index (κ2) is 5.86. The fraction of sp³-hybridized carbons (Fsp3) is 1.00. The van der Waals surface area contributed by atoms with E-state index < -0.39 is 0 Å². The van der Waals surface area contributed by atoms with Gasteiger partial charge in [0.1, 0.15) is 0 Å². The van der Waals surface area contributed by atoms with Crippen molar-refractivity contribution < 1.29 is 5.11 Å². The number of piperidine rings is 1. The summed E-state index contributed by atoms with van der Waals surface area (Å²) in [5.41, 5.74) is 0.488. The van der Waals surface area contributed by atoms with Crippen LogP contribution < -0.4 is 0 Å². The lowest BCUT2D eigenvalue weighted by Gasteiger charge is -2.32. The SMILES string of the molecule is CC(C)(C)CCC1CCN(CCO)CC1. The van der Waals surface area contributed by atoms with Crippen LogP contribution in [0.25, 0.3) is 0 Å². The van der Waals surface area contributed by atoms with Crippen molar-refractivity contribution in [3.8, 4) is 0 Å². The van der Waals surface area contributed by atoms with Crippen LogP contribution in [0.1, 0.15) is 46.5 Å². The summed E-state index contributed by atoms with van der Waals surface area (Å²) in [5.74, 6) is 0.930. The molecule has 0 aromatic heterocycles. The lowest BCUT2D eigenvalue weighted by atomic mass is 9.83. The quantitative estimate of drug-likeness (QED) is 0.775. The molecule has 0 atom stereocenters. The summed E-state index contributed by atoms with van der Waals surface area (Å²) in [5, 5.41) is 8.85. The van der Waals surface area contributed by atoms with E-state index in [0.717, 1.165) is 12.5 Å². The molecule has 1 aliphatic heterocycles. The van der Waals surface area contributed by atoms with Crippen LogP contribution in [0.2, 0.25) is 0 Å². The summed E-state index contributed by atoms with van der Waals surface area (Å²) in [6, 6.07) is 0. The highest BCUT2D eigenvalue weighted by molar-refractivity contribution is 4.74. The number of aliphatic hydroxyl groups excluding tert-OH is 1. The standard InChI is InChI=1S/C13H27NO/c1-13(2,3)7-4-12-5-8-14(9-6-12)10-11-15/h12,15H,4-11H2,1-3H3. The minimum absolute atomic E-state index is 0.312. The van der Waals surface area contributed by atoms with Gasteiger partial charge in [0.05, 0.1) is 6.61 Å². The second-order valence-electron chi connectivity index (χ2n) is 6.11. The zero-order valence-corrected chi connectivity index (χ0v) is 10.6. The smallest absolute Gasteiger partial charge is 0.0558 e. The molecule has 90 valence electrons. The molecule has 1 fully saturated rings. The van der Waals surface area contributed by atoms with E-state index >= 15 is 0 Å². The van der Waals surface area contributed by atoms with Gasteiger partial charge in [0, 0.05) is 6.54 Å². The van der Waals surface area contributed by atoms with Gasteiger partial charge in [0.25, 0.3) is 0 Å². The van der Waals surface area contributed by atoms with E-state index in [0.29, 0.717) is 12.0 Å². The molecule has 2 nitrogen and oxygen atoms in total. The van der Waals surface area contributed by atoms with Crippen LogP contribution in [-0.2, 0) is 0 Å². The third kappa shape index (κ3) is 5.53. The maximum absolute atomic E-state index is 8.85. The minimum Gasteiger partial charge on any atom is -0.395 e. The number of hydrogen-bond donors (Lipinski definition) is 1. The predicted octanol–water partition coefficient (Wildman–Crippen LogP) is 2.52. The normalized spacial score (nSPS) is 20.8. The highest BCUT2D eigenvalue weighted by Crippen LogP contribution is 2.28. The topological polar surface area (TPSA) is 23.5 Å². The van der Waals surface area contributed by atoms with Crippen LogP contribution in [0.3, 0.4) is 0 Å². The van der Waals surface area contributed by atoms with Gasteiger partial charge in [0.15, 0.2) is 0 Å². The molecule has 0 spiro atoms. The van der Waals surface area contributed by atoms with E-state index in [2.05, 4.69) is 25.7 Å². The van der Waals surface area contributed by atoms with Crippen LogP contribution in [0.4, 0.5) is 0 Å². The van der Waals surface area contributed by atoms with Crippen molar-refractivity contribution in [3.05, 3.63) is 0 Å². The number of rotatable bonds is 4. The van der Waals surface area contributed by atoms with E-state index in [1.165, 1.54) is 38.8 Å². The average Bonchev–Trinajstić information content (AvgIpc) is 2.16. The Morgan fingerprint density at radius 2 is 1.80 bits per heavy atom. The largest absolute Gasteiger partial charge is 0.395 e. The van der Waals surface area contributed by atoms with Crippen LogP contribution >= 0.6 is 0 Å². The first-order chi connectivity index (χ1) is 7.01. The third-order valence-electron chi connectivity index (χ3n) is 3.43. The number of aliphatic hydroxyl groups is 1. The Balaban J connectivity index is 2.15. The van der Waals surface area contributed by atoms with Gasteiger partial charge in [-0.25, -0.2) is 0 Å². The molecule has 0 aromatic carbocycles. The van der Waals surface area contributed by atoms with Crippen molar-refractivity contribution in [1.29, 1.82) is 0 Å². The van der Waals surface area contributed by atoms with Crippen molar-refractivity contribution in [1.82, 2.24) is 4.90 Å². The Morgan fingerprint density at radius 1 is 1.20 bits per heavy atom. The minimum atomic E-state index is 0.312. The molecular weight excluding hydrogens is 186 g/mol. The molecule has 1 saturated heterocycles. The zero-order valence-electron chi connectivity index (χ0n) is 10.6. The predicted molar refractivity (Wildman–Crippen MR) is 64.9 cm³/mol. The number of β-amino-alcohol motifs (C(OH)–C–C–N with tert-alkyl or cyclic N) is 1. The summed E-state index contributed by atoms with van der Waals surface area (Å²) >= 11 is 0. The Bertz CT molecular complexity index is 166. The molecule has 1 N–H and O–H groups in total. The van der Waals surface area contributed by atoms with Crippen molar-refractivity contribution in [3.63, 3.8) is 0 Å². The maximum atomic E-state index is 8.85. The Labute approximate surface area is 94.7 Å². The van der Waals surface area contributed by atoms with Crippen LogP contribution in [-0.4, -0.2) is 36.2 Å². The molecule has 2 heteroatoms. The van der Waals surface area contributed by atoms with Crippen molar-refractivity contribution >= 4 is 0 Å². The van der Waals surface area contributed by atoms with E-state index in [4.69, 9.17) is 5.11 Å². The highest BCUT2D eigenvalue weighted by atomic mass is 16.3. The molecule has 0 bridgehead atoms. The first-order valence-electron chi connectivity index (χ1n) is 6.34. The molecule has 0 radical (unpaired) electrons. The van der Waals surface area contributed by atoms with E-state index in [1.54, 1.807) is 0 Å². The second-order valence-corrected chi connectivity index (χ2v) is 6.11. The monoisotopic (exact) mass is 213 g/mol. The number of hydrogen-bond acceptors (Lipinski definition) is 2. The number of likely N-dealkylation sites (tertiary alicyclic amines) is 1. The fourth-order valence-electron chi connectivity index (χ4n) is 2.28. The highest BCUT2D eigenvalue weighted by Gasteiger charge is 2.20. The summed E-state index contributed by atoms with van der Waals surface area (Å²) in [7, 11) is 0. The summed E-state index contributed by atoms with van der Waals surface area (Å²) < 4.78 is 0. The van der Waals surface area contributed by atoms with Crippen molar-refractivity contribution in [2.24, 2.45) is 11.3 Å². The summed E-state index contributed by atoms with van der Waals surface area (Å²) in [6.07, 6.45) is 5.39. The molecule has 0 aliphatic carbocycles. The Hall–Kier alpha value is -0.0800. The van der Waals surface area contributed by atoms with Gasteiger partial charge in [-0.2, -0.15) is 0 Å². The van der Waals surface area contributed by atoms with Gasteiger partial charge >= 0.3 is 0 Å². The fourth-order valence-corrected chi connectivity index (χ4v) is 2.28. The van der Waals surface area contributed by atoms with E-state index in [-0.39, 0.29) is 0 Å².